The highest BCUT2D eigenvalue weighted by Crippen LogP contribution is 2.21. The number of carbonyl (C=O) groups is 1. The molecule has 0 atom stereocenters. The second-order valence-corrected chi connectivity index (χ2v) is 8.12. The van der Waals surface area contributed by atoms with Crippen molar-refractivity contribution in [2.45, 2.75) is 19.8 Å². The van der Waals surface area contributed by atoms with Crippen molar-refractivity contribution in [2.24, 2.45) is 5.92 Å². The third-order valence-corrected chi connectivity index (χ3v) is 5.98. The molecule has 0 spiro atoms. The van der Waals surface area contributed by atoms with Crippen LogP contribution in [0, 0.1) is 5.92 Å². The number of aromatic nitrogens is 1. The molecule has 1 aromatic rings. The summed E-state index contributed by atoms with van der Waals surface area (Å²) < 4.78 is 25.1. The van der Waals surface area contributed by atoms with Crippen LogP contribution in [0.1, 0.15) is 19.8 Å². The molecule has 2 heterocycles. The van der Waals surface area contributed by atoms with E-state index in [1.807, 2.05) is 25.1 Å². The van der Waals surface area contributed by atoms with E-state index in [1.165, 1.54) is 4.31 Å². The first kappa shape index (κ1) is 17.7. The molecule has 1 saturated heterocycles. The van der Waals surface area contributed by atoms with Crippen LogP contribution in [0.4, 0.5) is 11.5 Å². The smallest absolute Gasteiger partial charge is 0.228 e. The Morgan fingerprint density at radius 1 is 1.35 bits per heavy atom. The summed E-state index contributed by atoms with van der Waals surface area (Å²) in [4.78, 5) is 18.4. The van der Waals surface area contributed by atoms with Crippen LogP contribution in [0.5, 0.6) is 0 Å². The Balaban J connectivity index is 1.90. The van der Waals surface area contributed by atoms with Crippen LogP contribution in [0.15, 0.2) is 18.3 Å². The highest BCUT2D eigenvalue weighted by Gasteiger charge is 2.30. The molecule has 1 N–H and O–H groups in total. The number of anilines is 2. The molecule has 1 fully saturated rings. The quantitative estimate of drug-likeness (QED) is 0.869. The zero-order chi connectivity index (χ0) is 17.0. The predicted octanol–water partition coefficient (Wildman–Crippen LogP) is 1.15. The first-order chi connectivity index (χ1) is 10.8. The Morgan fingerprint density at radius 2 is 2.00 bits per heavy atom. The fraction of sp³-hybridized carbons (Fsp3) is 0.600. The average Bonchev–Trinajstić information content (AvgIpc) is 2.55. The van der Waals surface area contributed by atoms with Crippen molar-refractivity contribution in [3.8, 4) is 0 Å². The number of nitrogens with one attached hydrogen (secondary N) is 1. The van der Waals surface area contributed by atoms with Crippen molar-refractivity contribution in [2.75, 3.05) is 43.2 Å². The second kappa shape index (κ2) is 7.27. The van der Waals surface area contributed by atoms with E-state index in [2.05, 4.69) is 10.3 Å². The van der Waals surface area contributed by atoms with Gasteiger partial charge in [0.1, 0.15) is 5.82 Å². The summed E-state index contributed by atoms with van der Waals surface area (Å²) in [6, 6.07) is 3.66. The molecule has 2 rings (SSSR count). The van der Waals surface area contributed by atoms with Crippen LogP contribution >= 0.6 is 0 Å². The molecule has 1 aromatic heterocycles. The van der Waals surface area contributed by atoms with Gasteiger partial charge in [-0.1, -0.05) is 0 Å². The van der Waals surface area contributed by atoms with Gasteiger partial charge in [0.05, 0.1) is 17.6 Å². The summed E-state index contributed by atoms with van der Waals surface area (Å²) in [5.41, 5.74) is 0.959. The Labute approximate surface area is 137 Å². The molecule has 0 aromatic carbocycles. The van der Waals surface area contributed by atoms with Gasteiger partial charge in [-0.15, -0.1) is 0 Å². The standard InChI is InChI=1S/C15H24N4O3S/c1-4-23(21,22)19-9-7-12(8-10-19)15(20)17-14-6-5-13(11-16-14)18(2)3/h5-6,11-12H,4,7-10H2,1-3H3,(H,16,17,20). The van der Waals surface area contributed by atoms with E-state index in [-0.39, 0.29) is 17.6 Å². The first-order valence-electron chi connectivity index (χ1n) is 7.75. The minimum absolute atomic E-state index is 0.0938. The van der Waals surface area contributed by atoms with E-state index < -0.39 is 10.0 Å². The van der Waals surface area contributed by atoms with Crippen molar-refractivity contribution in [3.63, 3.8) is 0 Å². The predicted molar refractivity (Wildman–Crippen MR) is 91.0 cm³/mol. The molecule has 1 amide bonds. The maximum absolute atomic E-state index is 12.3. The zero-order valence-corrected chi connectivity index (χ0v) is 14.6. The van der Waals surface area contributed by atoms with E-state index in [0.717, 1.165) is 5.69 Å². The molecule has 0 radical (unpaired) electrons. The topological polar surface area (TPSA) is 82.6 Å². The second-order valence-electron chi connectivity index (χ2n) is 5.86. The number of sulfonamides is 1. The third kappa shape index (κ3) is 4.42. The van der Waals surface area contributed by atoms with Crippen molar-refractivity contribution in [1.29, 1.82) is 0 Å². The highest BCUT2D eigenvalue weighted by atomic mass is 32.2. The molecule has 7 nitrogen and oxygen atoms in total. The van der Waals surface area contributed by atoms with E-state index in [4.69, 9.17) is 0 Å². The largest absolute Gasteiger partial charge is 0.376 e. The van der Waals surface area contributed by atoms with Gasteiger partial charge < -0.3 is 10.2 Å². The van der Waals surface area contributed by atoms with Gasteiger partial charge in [-0.25, -0.2) is 17.7 Å². The molecule has 128 valence electrons. The minimum atomic E-state index is -3.16. The summed E-state index contributed by atoms with van der Waals surface area (Å²) in [5, 5.41) is 2.81. The third-order valence-electron chi connectivity index (χ3n) is 4.10. The first-order valence-corrected chi connectivity index (χ1v) is 9.36. The van der Waals surface area contributed by atoms with Crippen LogP contribution in [0.3, 0.4) is 0 Å². The molecule has 0 unspecified atom stereocenters. The van der Waals surface area contributed by atoms with Crippen LogP contribution in [0.2, 0.25) is 0 Å². The fourth-order valence-corrected chi connectivity index (χ4v) is 3.66. The van der Waals surface area contributed by atoms with Crippen molar-refractivity contribution < 1.29 is 13.2 Å². The van der Waals surface area contributed by atoms with Crippen molar-refractivity contribution >= 4 is 27.4 Å². The van der Waals surface area contributed by atoms with Crippen LogP contribution in [-0.2, 0) is 14.8 Å². The normalized spacial score (nSPS) is 17.0. The van der Waals surface area contributed by atoms with Gasteiger partial charge in [0.25, 0.3) is 0 Å². The number of hydrogen-bond donors (Lipinski definition) is 1. The fourth-order valence-electron chi connectivity index (χ4n) is 2.53. The van der Waals surface area contributed by atoms with Gasteiger partial charge in [-0.05, 0) is 31.9 Å². The number of piperidine rings is 1. The maximum Gasteiger partial charge on any atom is 0.228 e. The van der Waals surface area contributed by atoms with Crippen molar-refractivity contribution in [3.05, 3.63) is 18.3 Å². The number of pyridine rings is 1. The molecule has 1 aliphatic heterocycles. The lowest BCUT2D eigenvalue weighted by molar-refractivity contribution is -0.120. The summed E-state index contributed by atoms with van der Waals surface area (Å²) in [6.07, 6.45) is 2.79. The van der Waals surface area contributed by atoms with E-state index in [0.29, 0.717) is 31.7 Å². The number of hydrogen-bond acceptors (Lipinski definition) is 5. The van der Waals surface area contributed by atoms with Gasteiger partial charge in [-0.2, -0.15) is 0 Å². The van der Waals surface area contributed by atoms with Gasteiger partial charge in [0, 0.05) is 33.1 Å². The lowest BCUT2D eigenvalue weighted by Gasteiger charge is -2.30. The molecular weight excluding hydrogens is 316 g/mol. The summed E-state index contributed by atoms with van der Waals surface area (Å²) >= 11 is 0. The lowest BCUT2D eigenvalue weighted by Crippen LogP contribution is -2.42. The Hall–Kier alpha value is -1.67. The molecule has 8 heteroatoms. The Morgan fingerprint density at radius 3 is 2.48 bits per heavy atom. The molecule has 0 bridgehead atoms. The Kier molecular flexibility index (Phi) is 5.59. The van der Waals surface area contributed by atoms with Gasteiger partial charge >= 0.3 is 0 Å². The number of rotatable bonds is 5. The van der Waals surface area contributed by atoms with Gasteiger partial charge in [-0.3, -0.25) is 4.79 Å². The molecule has 1 aliphatic rings. The number of nitrogens with zero attached hydrogens (tertiary/aromatic N) is 3. The van der Waals surface area contributed by atoms with Crippen molar-refractivity contribution in [1.82, 2.24) is 9.29 Å². The van der Waals surface area contributed by atoms with Crippen LogP contribution in [-0.4, -0.2) is 56.6 Å². The number of carbonyl (C=O) groups excluding carboxylic acids is 1. The molecule has 23 heavy (non-hydrogen) atoms. The molecular formula is C15H24N4O3S. The van der Waals surface area contributed by atoms with Crippen LogP contribution in [0.25, 0.3) is 0 Å². The van der Waals surface area contributed by atoms with Gasteiger partial charge in [0.15, 0.2) is 0 Å². The molecule has 0 saturated carbocycles. The van der Waals surface area contributed by atoms with Crippen LogP contribution < -0.4 is 10.2 Å². The summed E-state index contributed by atoms with van der Waals surface area (Å²) in [6.45, 7) is 2.44. The maximum atomic E-state index is 12.3. The lowest BCUT2D eigenvalue weighted by atomic mass is 9.97. The average molecular weight is 340 g/mol. The SMILES string of the molecule is CCS(=O)(=O)N1CCC(C(=O)Nc2ccc(N(C)C)cn2)CC1. The number of amides is 1. The monoisotopic (exact) mass is 340 g/mol. The summed E-state index contributed by atoms with van der Waals surface area (Å²) in [5.74, 6) is 0.355. The Bertz CT molecular complexity index is 635. The zero-order valence-electron chi connectivity index (χ0n) is 13.8. The van der Waals surface area contributed by atoms with E-state index in [9.17, 15) is 13.2 Å². The highest BCUT2D eigenvalue weighted by molar-refractivity contribution is 7.89. The van der Waals surface area contributed by atoms with E-state index in [1.54, 1.807) is 19.2 Å². The van der Waals surface area contributed by atoms with E-state index >= 15 is 0 Å². The summed E-state index contributed by atoms with van der Waals surface area (Å²) in [7, 11) is 0.690. The minimum Gasteiger partial charge on any atom is -0.376 e. The molecule has 0 aliphatic carbocycles. The van der Waals surface area contributed by atoms with Gasteiger partial charge in [0.2, 0.25) is 15.9 Å².